The van der Waals surface area contributed by atoms with E-state index in [0.29, 0.717) is 72.6 Å². The lowest BCUT2D eigenvalue weighted by molar-refractivity contribution is -0.133. The fourth-order valence-electron chi connectivity index (χ4n) is 5.32. The van der Waals surface area contributed by atoms with Gasteiger partial charge < -0.3 is 19.1 Å². The molecule has 43 heavy (non-hydrogen) atoms. The number of hydrazone groups is 1. The number of nitrogens with zero attached hydrogens (tertiary/aromatic N) is 4. The molecule has 9 nitrogen and oxygen atoms in total. The monoisotopic (exact) mass is 608 g/mol. The van der Waals surface area contributed by atoms with E-state index in [9.17, 15) is 14.0 Å². The summed E-state index contributed by atoms with van der Waals surface area (Å²) >= 11 is 6.52. The zero-order chi connectivity index (χ0) is 30.3. The Morgan fingerprint density at radius 1 is 1.05 bits per heavy atom. The first kappa shape index (κ1) is 30.5. The van der Waals surface area contributed by atoms with E-state index in [-0.39, 0.29) is 18.7 Å². The first-order valence-corrected chi connectivity index (χ1v) is 14.5. The molecule has 2 amide bonds. The SMILES string of the molecule is COc1ccc(OC)c([C@@H]2CC(c3ccccc3Cl)=NN2C(=O)CN(CCN2CCOCC2)C(=O)c2ccccc2F)c1. The van der Waals surface area contributed by atoms with E-state index < -0.39 is 23.7 Å². The van der Waals surface area contributed by atoms with E-state index in [1.165, 1.54) is 28.1 Å². The minimum atomic E-state index is -0.643. The van der Waals surface area contributed by atoms with Gasteiger partial charge in [0.25, 0.3) is 11.8 Å². The summed E-state index contributed by atoms with van der Waals surface area (Å²) in [5.74, 6) is -0.481. The van der Waals surface area contributed by atoms with Gasteiger partial charge in [-0.15, -0.1) is 0 Å². The van der Waals surface area contributed by atoms with Crippen molar-refractivity contribution in [3.8, 4) is 11.5 Å². The van der Waals surface area contributed by atoms with Crippen LogP contribution in [0.15, 0.2) is 71.8 Å². The summed E-state index contributed by atoms with van der Waals surface area (Å²) in [6, 6.07) is 17.9. The molecule has 0 bridgehead atoms. The topological polar surface area (TPSA) is 83.9 Å². The van der Waals surface area contributed by atoms with Crippen LogP contribution in [-0.4, -0.2) is 92.5 Å². The molecule has 1 saturated heterocycles. The van der Waals surface area contributed by atoms with Gasteiger partial charge in [0, 0.05) is 48.7 Å². The van der Waals surface area contributed by atoms with Crippen LogP contribution in [-0.2, 0) is 9.53 Å². The predicted octanol–water partition coefficient (Wildman–Crippen LogP) is 4.65. The van der Waals surface area contributed by atoms with Gasteiger partial charge in [0.2, 0.25) is 0 Å². The number of hydrogen-bond donors (Lipinski definition) is 0. The van der Waals surface area contributed by atoms with Crippen molar-refractivity contribution in [2.24, 2.45) is 5.10 Å². The van der Waals surface area contributed by atoms with Crippen molar-refractivity contribution in [2.75, 3.05) is 60.2 Å². The highest BCUT2D eigenvalue weighted by molar-refractivity contribution is 6.34. The lowest BCUT2D eigenvalue weighted by Crippen LogP contribution is -2.46. The van der Waals surface area contributed by atoms with Crippen molar-refractivity contribution in [3.63, 3.8) is 0 Å². The van der Waals surface area contributed by atoms with Crippen molar-refractivity contribution in [1.29, 1.82) is 0 Å². The molecule has 3 aromatic rings. The molecule has 226 valence electrons. The highest BCUT2D eigenvalue weighted by Crippen LogP contribution is 2.40. The summed E-state index contributed by atoms with van der Waals surface area (Å²) in [6.07, 6.45) is 0.355. The fraction of sp³-hybridized carbons (Fsp3) is 0.344. The van der Waals surface area contributed by atoms with E-state index in [0.717, 1.165) is 0 Å². The minimum Gasteiger partial charge on any atom is -0.497 e. The van der Waals surface area contributed by atoms with Gasteiger partial charge in [-0.3, -0.25) is 14.5 Å². The van der Waals surface area contributed by atoms with E-state index in [2.05, 4.69) is 4.90 Å². The van der Waals surface area contributed by atoms with Crippen LogP contribution in [0, 0.1) is 5.82 Å². The Balaban J connectivity index is 1.48. The molecule has 1 atom stereocenters. The van der Waals surface area contributed by atoms with Crippen molar-refractivity contribution < 1.29 is 28.2 Å². The largest absolute Gasteiger partial charge is 0.497 e. The van der Waals surface area contributed by atoms with Gasteiger partial charge in [-0.2, -0.15) is 5.10 Å². The van der Waals surface area contributed by atoms with Crippen LogP contribution in [0.1, 0.15) is 33.9 Å². The summed E-state index contributed by atoms with van der Waals surface area (Å²) in [4.78, 5) is 31.3. The van der Waals surface area contributed by atoms with E-state index in [4.69, 9.17) is 30.9 Å². The Morgan fingerprint density at radius 3 is 2.51 bits per heavy atom. The molecule has 0 radical (unpaired) electrons. The Kier molecular flexibility index (Phi) is 9.91. The van der Waals surface area contributed by atoms with Gasteiger partial charge in [0.1, 0.15) is 23.9 Å². The summed E-state index contributed by atoms with van der Waals surface area (Å²) < 4.78 is 31.3. The molecular formula is C32H34ClFN4O5. The third-order valence-corrected chi connectivity index (χ3v) is 7.98. The molecular weight excluding hydrogens is 575 g/mol. The van der Waals surface area contributed by atoms with Crippen molar-refractivity contribution in [1.82, 2.24) is 14.8 Å². The summed E-state index contributed by atoms with van der Waals surface area (Å²) in [7, 11) is 3.12. The van der Waals surface area contributed by atoms with Crippen LogP contribution in [0.3, 0.4) is 0 Å². The molecule has 0 N–H and O–H groups in total. The maximum absolute atomic E-state index is 14.7. The molecule has 0 aromatic heterocycles. The zero-order valence-corrected chi connectivity index (χ0v) is 24.9. The third-order valence-electron chi connectivity index (χ3n) is 7.65. The maximum atomic E-state index is 14.7. The minimum absolute atomic E-state index is 0.0926. The number of halogens is 2. The molecule has 2 aliphatic heterocycles. The molecule has 1 fully saturated rings. The Bertz CT molecular complexity index is 1500. The molecule has 3 aromatic carbocycles. The second-order valence-electron chi connectivity index (χ2n) is 10.3. The Labute approximate surface area is 255 Å². The standard InChI is InChI=1S/C32H34ClFN4O5/c1-41-22-11-12-30(42-2)25(19-22)29-20-28(23-7-3-5-9-26(23)33)35-38(29)31(39)21-37(14-13-36-15-17-43-18-16-36)32(40)24-8-4-6-10-27(24)34/h3-12,19,29H,13-18,20-21H2,1-2H3/t29-/m0/s1. The van der Waals surface area contributed by atoms with Gasteiger partial charge >= 0.3 is 0 Å². The summed E-state index contributed by atoms with van der Waals surface area (Å²) in [5.41, 5.74) is 1.93. The zero-order valence-electron chi connectivity index (χ0n) is 24.2. The number of carbonyl (C=O) groups is 2. The normalized spacial score (nSPS) is 17.0. The first-order chi connectivity index (χ1) is 20.9. The summed E-state index contributed by atoms with van der Waals surface area (Å²) in [6.45, 7) is 3.05. The molecule has 5 rings (SSSR count). The molecule has 0 unspecified atom stereocenters. The lowest BCUT2D eigenvalue weighted by atomic mass is 9.97. The van der Waals surface area contributed by atoms with Gasteiger partial charge in [-0.05, 0) is 36.4 Å². The molecule has 2 heterocycles. The average molecular weight is 609 g/mol. The van der Waals surface area contributed by atoms with Gasteiger partial charge in [0.15, 0.2) is 0 Å². The quantitative estimate of drug-likeness (QED) is 0.333. The number of carbonyl (C=O) groups excluding carboxylic acids is 2. The number of rotatable bonds is 10. The maximum Gasteiger partial charge on any atom is 0.262 e. The summed E-state index contributed by atoms with van der Waals surface area (Å²) in [5, 5.41) is 6.63. The van der Waals surface area contributed by atoms with Crippen LogP contribution in [0.4, 0.5) is 4.39 Å². The smallest absolute Gasteiger partial charge is 0.262 e. The third kappa shape index (κ3) is 6.98. The number of hydrogen-bond acceptors (Lipinski definition) is 7. The van der Waals surface area contributed by atoms with Crippen LogP contribution in [0.5, 0.6) is 11.5 Å². The molecule has 0 aliphatic carbocycles. The molecule has 0 saturated carbocycles. The van der Waals surface area contributed by atoms with Crippen LogP contribution < -0.4 is 9.47 Å². The first-order valence-electron chi connectivity index (χ1n) is 14.1. The number of benzene rings is 3. The Hall–Kier alpha value is -3.99. The molecule has 2 aliphatic rings. The Morgan fingerprint density at radius 2 is 1.79 bits per heavy atom. The fourth-order valence-corrected chi connectivity index (χ4v) is 5.57. The van der Waals surface area contributed by atoms with E-state index in [1.807, 2.05) is 24.3 Å². The van der Waals surface area contributed by atoms with E-state index in [1.54, 1.807) is 38.5 Å². The van der Waals surface area contributed by atoms with Gasteiger partial charge in [-0.1, -0.05) is 41.9 Å². The van der Waals surface area contributed by atoms with Crippen molar-refractivity contribution >= 4 is 29.1 Å². The lowest BCUT2D eigenvalue weighted by Gasteiger charge is -2.31. The number of amides is 2. The van der Waals surface area contributed by atoms with Crippen LogP contribution in [0.25, 0.3) is 0 Å². The van der Waals surface area contributed by atoms with E-state index >= 15 is 0 Å². The number of morpholine rings is 1. The second kappa shape index (κ2) is 14.0. The average Bonchev–Trinajstić information content (AvgIpc) is 3.48. The van der Waals surface area contributed by atoms with Gasteiger partial charge in [-0.25, -0.2) is 9.40 Å². The number of methoxy groups -OCH3 is 2. The highest BCUT2D eigenvalue weighted by Gasteiger charge is 2.37. The molecule has 0 spiro atoms. The molecule has 11 heteroatoms. The van der Waals surface area contributed by atoms with Crippen LogP contribution in [0.2, 0.25) is 5.02 Å². The van der Waals surface area contributed by atoms with Gasteiger partial charge in [0.05, 0.1) is 44.8 Å². The van der Waals surface area contributed by atoms with Crippen LogP contribution >= 0.6 is 11.6 Å². The van der Waals surface area contributed by atoms with Crippen molar-refractivity contribution in [3.05, 3.63) is 94.3 Å². The highest BCUT2D eigenvalue weighted by atomic mass is 35.5. The number of ether oxygens (including phenoxy) is 3. The van der Waals surface area contributed by atoms with Crippen molar-refractivity contribution in [2.45, 2.75) is 12.5 Å². The predicted molar refractivity (Wildman–Crippen MR) is 161 cm³/mol. The second-order valence-corrected chi connectivity index (χ2v) is 10.7.